The lowest BCUT2D eigenvalue weighted by molar-refractivity contribution is 1.04. The number of aromatic nitrogens is 4. The van der Waals surface area contributed by atoms with Gasteiger partial charge in [-0.05, 0) is 19.1 Å². The maximum absolute atomic E-state index is 3.94. The molecule has 0 bridgehead atoms. The van der Waals surface area contributed by atoms with Crippen molar-refractivity contribution in [2.24, 2.45) is 0 Å². The normalized spacial score (nSPS) is 8.93. The van der Waals surface area contributed by atoms with E-state index in [4.69, 9.17) is 0 Å². The van der Waals surface area contributed by atoms with Gasteiger partial charge in [0, 0.05) is 24.8 Å². The Morgan fingerprint density at radius 1 is 0.933 bits per heavy atom. The van der Waals surface area contributed by atoms with Gasteiger partial charge in [0.15, 0.2) is 0 Å². The molecule has 78 valence electrons. The summed E-state index contributed by atoms with van der Waals surface area (Å²) in [5, 5.41) is 0.730. The van der Waals surface area contributed by atoms with Crippen molar-refractivity contribution in [3.63, 3.8) is 0 Å². The average molecular weight is 267 g/mol. The van der Waals surface area contributed by atoms with Gasteiger partial charge in [0.05, 0.1) is 5.33 Å². The summed E-state index contributed by atoms with van der Waals surface area (Å²) in [6.45, 7) is 1.86. The number of nitrogens with zero attached hydrogens (tertiary/aromatic N) is 4. The van der Waals surface area contributed by atoms with Crippen LogP contribution in [0.1, 0.15) is 11.6 Å². The Kier molecular flexibility index (Phi) is 5.47. The fourth-order valence-electron chi connectivity index (χ4n) is 0.773. The van der Waals surface area contributed by atoms with Crippen LogP contribution >= 0.6 is 15.9 Å². The van der Waals surface area contributed by atoms with E-state index in [9.17, 15) is 0 Å². The minimum atomic E-state index is 0.730. The van der Waals surface area contributed by atoms with Gasteiger partial charge in [-0.25, -0.2) is 19.9 Å². The zero-order chi connectivity index (χ0) is 10.9. The van der Waals surface area contributed by atoms with E-state index in [1.165, 1.54) is 0 Å². The molecule has 0 radical (unpaired) electrons. The van der Waals surface area contributed by atoms with E-state index < -0.39 is 0 Å². The van der Waals surface area contributed by atoms with Crippen molar-refractivity contribution in [1.82, 2.24) is 19.9 Å². The van der Waals surface area contributed by atoms with E-state index in [0.29, 0.717) is 0 Å². The first-order chi connectivity index (χ1) is 7.33. The summed E-state index contributed by atoms with van der Waals surface area (Å²) in [7, 11) is 0. The standard InChI is InChI=1S/C5H5BrN2.C5H6N2/c6-4-5-7-2-1-3-8-5;1-5-6-3-2-4-7-5/h1-3H,4H2;2-4H,1H3. The molecule has 0 spiro atoms. The minimum Gasteiger partial charge on any atom is -0.242 e. The van der Waals surface area contributed by atoms with Crippen LogP contribution in [0.3, 0.4) is 0 Å². The summed E-state index contributed by atoms with van der Waals surface area (Å²) in [4.78, 5) is 15.6. The highest BCUT2D eigenvalue weighted by Crippen LogP contribution is 1.93. The third-order valence-corrected chi connectivity index (χ3v) is 1.94. The third-order valence-electron chi connectivity index (χ3n) is 1.43. The number of hydrogen-bond donors (Lipinski definition) is 0. The van der Waals surface area contributed by atoms with Gasteiger partial charge in [-0.15, -0.1) is 0 Å². The maximum Gasteiger partial charge on any atom is 0.138 e. The largest absolute Gasteiger partial charge is 0.242 e. The van der Waals surface area contributed by atoms with Gasteiger partial charge in [-0.1, -0.05) is 15.9 Å². The number of aryl methyl sites for hydroxylation is 1. The molecule has 0 aromatic carbocycles. The topological polar surface area (TPSA) is 51.6 Å². The molecule has 0 aliphatic heterocycles. The summed E-state index contributed by atoms with van der Waals surface area (Å²) in [5.41, 5.74) is 0. The molecule has 2 rings (SSSR count). The zero-order valence-corrected chi connectivity index (χ0v) is 9.92. The lowest BCUT2D eigenvalue weighted by Crippen LogP contribution is -1.85. The van der Waals surface area contributed by atoms with E-state index in [0.717, 1.165) is 17.0 Å². The minimum absolute atomic E-state index is 0.730. The summed E-state index contributed by atoms with van der Waals surface area (Å²) < 4.78 is 0. The molecule has 0 amide bonds. The van der Waals surface area contributed by atoms with E-state index in [1.54, 1.807) is 36.9 Å². The Morgan fingerprint density at radius 3 is 1.67 bits per heavy atom. The quantitative estimate of drug-likeness (QED) is 0.743. The fraction of sp³-hybridized carbons (Fsp3) is 0.200. The first-order valence-corrected chi connectivity index (χ1v) is 5.50. The predicted octanol–water partition coefficient (Wildman–Crippen LogP) is 2.16. The Morgan fingerprint density at radius 2 is 1.40 bits per heavy atom. The molecule has 0 unspecified atom stereocenters. The number of halogens is 1. The lowest BCUT2D eigenvalue weighted by atomic mass is 10.6. The van der Waals surface area contributed by atoms with E-state index in [-0.39, 0.29) is 0 Å². The number of rotatable bonds is 1. The smallest absolute Gasteiger partial charge is 0.138 e. The first kappa shape index (κ1) is 11.7. The molecule has 0 atom stereocenters. The second kappa shape index (κ2) is 7.00. The van der Waals surface area contributed by atoms with E-state index in [1.807, 2.05) is 6.92 Å². The molecular formula is C10H11BrN4. The molecule has 4 nitrogen and oxygen atoms in total. The van der Waals surface area contributed by atoms with Crippen LogP contribution in [0.15, 0.2) is 36.9 Å². The molecule has 0 N–H and O–H groups in total. The van der Waals surface area contributed by atoms with Gasteiger partial charge >= 0.3 is 0 Å². The van der Waals surface area contributed by atoms with Crippen molar-refractivity contribution in [3.05, 3.63) is 48.6 Å². The van der Waals surface area contributed by atoms with Gasteiger partial charge in [-0.2, -0.15) is 0 Å². The molecule has 0 aliphatic carbocycles. The van der Waals surface area contributed by atoms with Crippen molar-refractivity contribution in [2.75, 3.05) is 0 Å². The van der Waals surface area contributed by atoms with Gasteiger partial charge in [0.1, 0.15) is 11.6 Å². The van der Waals surface area contributed by atoms with Crippen LogP contribution in [0.4, 0.5) is 0 Å². The monoisotopic (exact) mass is 266 g/mol. The van der Waals surface area contributed by atoms with Crippen LogP contribution in [-0.2, 0) is 5.33 Å². The second-order valence-electron chi connectivity index (χ2n) is 2.59. The molecule has 15 heavy (non-hydrogen) atoms. The highest BCUT2D eigenvalue weighted by atomic mass is 79.9. The number of hydrogen-bond acceptors (Lipinski definition) is 4. The summed E-state index contributed by atoms with van der Waals surface area (Å²) in [5.74, 6) is 1.65. The summed E-state index contributed by atoms with van der Waals surface area (Å²) >= 11 is 3.23. The van der Waals surface area contributed by atoms with Crippen LogP contribution in [0.5, 0.6) is 0 Å². The molecule has 0 aliphatic rings. The SMILES string of the molecule is BrCc1ncccn1.Cc1ncccn1. The molecule has 2 aromatic rings. The van der Waals surface area contributed by atoms with Gasteiger partial charge in [0.25, 0.3) is 0 Å². The van der Waals surface area contributed by atoms with Crippen molar-refractivity contribution < 1.29 is 0 Å². The van der Waals surface area contributed by atoms with Crippen LogP contribution in [0.2, 0.25) is 0 Å². The van der Waals surface area contributed by atoms with Gasteiger partial charge < -0.3 is 0 Å². The molecule has 0 saturated carbocycles. The highest BCUT2D eigenvalue weighted by molar-refractivity contribution is 9.08. The lowest BCUT2D eigenvalue weighted by Gasteiger charge is -1.86. The molecule has 0 saturated heterocycles. The molecular weight excluding hydrogens is 256 g/mol. The summed E-state index contributed by atoms with van der Waals surface area (Å²) in [6.07, 6.45) is 6.90. The highest BCUT2D eigenvalue weighted by Gasteiger charge is 1.84. The zero-order valence-electron chi connectivity index (χ0n) is 8.34. The average Bonchev–Trinajstić information content (AvgIpc) is 2.32. The van der Waals surface area contributed by atoms with Crippen LogP contribution in [0, 0.1) is 6.92 Å². The van der Waals surface area contributed by atoms with Gasteiger partial charge in [-0.3, -0.25) is 0 Å². The molecule has 5 heteroatoms. The third kappa shape index (κ3) is 5.17. The Bertz CT molecular complexity index is 366. The summed E-state index contributed by atoms with van der Waals surface area (Å²) in [6, 6.07) is 3.60. The second-order valence-corrected chi connectivity index (χ2v) is 3.16. The van der Waals surface area contributed by atoms with Crippen LogP contribution in [-0.4, -0.2) is 19.9 Å². The maximum atomic E-state index is 3.94. The van der Waals surface area contributed by atoms with Gasteiger partial charge in [0.2, 0.25) is 0 Å². The van der Waals surface area contributed by atoms with Crippen molar-refractivity contribution >= 4 is 15.9 Å². The Balaban J connectivity index is 0.000000151. The Labute approximate surface area is 97.0 Å². The fourth-order valence-corrected chi connectivity index (χ4v) is 1.06. The molecule has 0 fully saturated rings. The Hall–Kier alpha value is -1.36. The van der Waals surface area contributed by atoms with Crippen LogP contribution in [0.25, 0.3) is 0 Å². The van der Waals surface area contributed by atoms with Crippen molar-refractivity contribution in [2.45, 2.75) is 12.3 Å². The first-order valence-electron chi connectivity index (χ1n) is 4.38. The molecule has 2 aromatic heterocycles. The van der Waals surface area contributed by atoms with E-state index >= 15 is 0 Å². The number of alkyl halides is 1. The van der Waals surface area contributed by atoms with Crippen molar-refractivity contribution in [3.8, 4) is 0 Å². The van der Waals surface area contributed by atoms with Crippen LogP contribution < -0.4 is 0 Å². The van der Waals surface area contributed by atoms with E-state index in [2.05, 4.69) is 35.9 Å². The predicted molar refractivity (Wildman–Crippen MR) is 61.4 cm³/mol. The van der Waals surface area contributed by atoms with Crippen molar-refractivity contribution in [1.29, 1.82) is 0 Å². The molecule has 2 heterocycles.